The quantitative estimate of drug-likeness (QED) is 0.692. The molecule has 24 heavy (non-hydrogen) atoms. The van der Waals surface area contributed by atoms with E-state index < -0.39 is 0 Å². The maximum absolute atomic E-state index is 9.95. The molecule has 0 atom stereocenters. The molecule has 0 aromatic heterocycles. The Morgan fingerprint density at radius 1 is 0.917 bits per heavy atom. The van der Waals surface area contributed by atoms with E-state index >= 15 is 0 Å². The normalized spacial score (nSPS) is 10.7. The van der Waals surface area contributed by atoms with Crippen LogP contribution in [0.3, 0.4) is 0 Å². The van der Waals surface area contributed by atoms with E-state index in [2.05, 4.69) is 0 Å². The monoisotopic (exact) mass is 332 g/mol. The van der Waals surface area contributed by atoms with Crippen molar-refractivity contribution in [3.05, 3.63) is 52.6 Å². The highest BCUT2D eigenvalue weighted by molar-refractivity contribution is 5.45. The fraction of sp³-hybridized carbons (Fsp3) is 0.368. The maximum Gasteiger partial charge on any atom is 0.160 e. The van der Waals surface area contributed by atoms with E-state index in [0.29, 0.717) is 29.2 Å². The van der Waals surface area contributed by atoms with Crippen molar-refractivity contribution in [2.45, 2.75) is 33.0 Å². The number of benzene rings is 2. The number of phenolic OH excluding ortho intramolecular Hbond substituents is 1. The molecule has 0 fully saturated rings. The van der Waals surface area contributed by atoms with Crippen molar-refractivity contribution in [1.29, 1.82) is 0 Å². The molecule has 0 aliphatic carbocycles. The number of aromatic hydroxyl groups is 1. The van der Waals surface area contributed by atoms with Gasteiger partial charge in [-0.15, -0.1) is 0 Å². The molecule has 0 radical (unpaired) electrons. The second kappa shape index (κ2) is 8.57. The molecule has 0 saturated heterocycles. The second-order valence-corrected chi connectivity index (χ2v) is 5.49. The Hall–Kier alpha value is -2.24. The second-order valence-electron chi connectivity index (χ2n) is 5.49. The molecular formula is C19H24O5. The summed E-state index contributed by atoms with van der Waals surface area (Å²) in [4.78, 5) is 0. The largest absolute Gasteiger partial charge is 0.504 e. The minimum absolute atomic E-state index is 0.138. The zero-order valence-electron chi connectivity index (χ0n) is 14.1. The standard InChI is InChI=1S/C19H24O5/c1-3-24-18-7-6-13(9-17(18)22)4-5-14-8-15(11-20)16(12-21)19(10-14)23-2/h6-10,20-22H,3-5,11-12H2,1-2H3. The van der Waals surface area contributed by atoms with Crippen molar-refractivity contribution in [2.24, 2.45) is 0 Å². The van der Waals surface area contributed by atoms with Gasteiger partial charge in [0.05, 0.1) is 26.9 Å². The number of hydrogen-bond donors (Lipinski definition) is 3. The van der Waals surface area contributed by atoms with E-state index in [1.165, 1.54) is 0 Å². The lowest BCUT2D eigenvalue weighted by Gasteiger charge is -2.14. The van der Waals surface area contributed by atoms with E-state index in [0.717, 1.165) is 24.0 Å². The lowest BCUT2D eigenvalue weighted by Crippen LogP contribution is -2.02. The Balaban J connectivity index is 2.15. The lowest BCUT2D eigenvalue weighted by molar-refractivity contribution is 0.254. The zero-order chi connectivity index (χ0) is 17.5. The molecule has 130 valence electrons. The van der Waals surface area contributed by atoms with Crippen LogP contribution in [-0.4, -0.2) is 29.0 Å². The van der Waals surface area contributed by atoms with Gasteiger partial charge < -0.3 is 24.8 Å². The number of methoxy groups -OCH3 is 1. The molecule has 3 N–H and O–H groups in total. The highest BCUT2D eigenvalue weighted by atomic mass is 16.5. The van der Waals surface area contributed by atoms with Gasteiger partial charge in [-0.25, -0.2) is 0 Å². The molecule has 2 aromatic carbocycles. The first-order valence-electron chi connectivity index (χ1n) is 7.98. The third-order valence-corrected chi connectivity index (χ3v) is 3.94. The Bertz CT molecular complexity index is 656. The molecule has 5 nitrogen and oxygen atoms in total. The van der Waals surface area contributed by atoms with E-state index in [1.54, 1.807) is 19.2 Å². The maximum atomic E-state index is 9.95. The molecule has 0 aliphatic heterocycles. The lowest BCUT2D eigenvalue weighted by atomic mass is 9.98. The molecule has 2 aromatic rings. The minimum Gasteiger partial charge on any atom is -0.504 e. The van der Waals surface area contributed by atoms with Crippen LogP contribution in [0.15, 0.2) is 30.3 Å². The summed E-state index contributed by atoms with van der Waals surface area (Å²) in [6, 6.07) is 9.15. The van der Waals surface area contributed by atoms with Crippen LogP contribution in [0.1, 0.15) is 29.2 Å². The van der Waals surface area contributed by atoms with Gasteiger partial charge in [0.1, 0.15) is 5.75 Å². The Morgan fingerprint density at radius 3 is 2.25 bits per heavy atom. The summed E-state index contributed by atoms with van der Waals surface area (Å²) in [6.07, 6.45) is 1.45. The topological polar surface area (TPSA) is 79.2 Å². The van der Waals surface area contributed by atoms with Gasteiger partial charge in [0.2, 0.25) is 0 Å². The van der Waals surface area contributed by atoms with Crippen LogP contribution in [0.5, 0.6) is 17.2 Å². The number of phenols is 1. The summed E-state index contributed by atoms with van der Waals surface area (Å²) in [7, 11) is 1.55. The third-order valence-electron chi connectivity index (χ3n) is 3.94. The molecule has 0 aliphatic rings. The zero-order valence-corrected chi connectivity index (χ0v) is 14.1. The molecule has 0 saturated carbocycles. The molecule has 2 rings (SSSR count). The van der Waals surface area contributed by atoms with Gasteiger partial charge >= 0.3 is 0 Å². The summed E-state index contributed by atoms with van der Waals surface area (Å²) < 4.78 is 10.6. The van der Waals surface area contributed by atoms with Crippen LogP contribution in [0.2, 0.25) is 0 Å². The van der Waals surface area contributed by atoms with E-state index in [4.69, 9.17) is 9.47 Å². The van der Waals surface area contributed by atoms with Crippen molar-refractivity contribution >= 4 is 0 Å². The first kappa shape index (κ1) is 18.1. The SMILES string of the molecule is CCOc1ccc(CCc2cc(CO)c(CO)c(OC)c2)cc1O. The molecular weight excluding hydrogens is 308 g/mol. The minimum atomic E-state index is -0.174. The summed E-state index contributed by atoms with van der Waals surface area (Å²) in [5, 5.41) is 28.9. The number of aliphatic hydroxyl groups excluding tert-OH is 2. The van der Waals surface area contributed by atoms with Crippen LogP contribution in [0, 0.1) is 0 Å². The van der Waals surface area contributed by atoms with Crippen LogP contribution in [-0.2, 0) is 26.1 Å². The first-order valence-corrected chi connectivity index (χ1v) is 7.98. The van der Waals surface area contributed by atoms with Gasteiger partial charge in [-0.3, -0.25) is 0 Å². The number of aryl methyl sites for hydroxylation is 2. The van der Waals surface area contributed by atoms with E-state index in [-0.39, 0.29) is 19.0 Å². The number of ether oxygens (including phenoxy) is 2. The summed E-state index contributed by atoms with van der Waals surface area (Å²) >= 11 is 0. The Morgan fingerprint density at radius 2 is 1.67 bits per heavy atom. The van der Waals surface area contributed by atoms with Crippen LogP contribution in [0.25, 0.3) is 0 Å². The summed E-state index contributed by atoms with van der Waals surface area (Å²) in [6.45, 7) is 2.05. The predicted octanol–water partition coefficient (Wildman–Crippen LogP) is 2.57. The Kier molecular flexibility index (Phi) is 6.46. The molecule has 0 bridgehead atoms. The van der Waals surface area contributed by atoms with Gasteiger partial charge in [-0.2, -0.15) is 0 Å². The van der Waals surface area contributed by atoms with Gasteiger partial charge in [0.15, 0.2) is 11.5 Å². The molecule has 0 amide bonds. The molecule has 5 heteroatoms. The average molecular weight is 332 g/mol. The molecule has 0 heterocycles. The molecule has 0 spiro atoms. The van der Waals surface area contributed by atoms with Gasteiger partial charge in [0, 0.05) is 5.56 Å². The first-order chi connectivity index (χ1) is 11.6. The fourth-order valence-electron chi connectivity index (χ4n) is 2.70. The van der Waals surface area contributed by atoms with Crippen molar-refractivity contribution in [1.82, 2.24) is 0 Å². The number of rotatable bonds is 8. The van der Waals surface area contributed by atoms with Crippen molar-refractivity contribution in [2.75, 3.05) is 13.7 Å². The van der Waals surface area contributed by atoms with Crippen molar-refractivity contribution in [3.8, 4) is 17.2 Å². The number of aliphatic hydroxyl groups is 2. The predicted molar refractivity (Wildman–Crippen MR) is 91.5 cm³/mol. The highest BCUT2D eigenvalue weighted by Gasteiger charge is 2.11. The van der Waals surface area contributed by atoms with Gasteiger partial charge in [-0.05, 0) is 54.7 Å². The summed E-state index contributed by atoms with van der Waals surface area (Å²) in [5.41, 5.74) is 3.28. The Labute approximate surface area is 142 Å². The average Bonchev–Trinajstić information content (AvgIpc) is 2.61. The highest BCUT2D eigenvalue weighted by Crippen LogP contribution is 2.29. The third kappa shape index (κ3) is 4.19. The van der Waals surface area contributed by atoms with Crippen LogP contribution >= 0.6 is 0 Å². The van der Waals surface area contributed by atoms with Crippen LogP contribution in [0.4, 0.5) is 0 Å². The van der Waals surface area contributed by atoms with Crippen molar-refractivity contribution in [3.63, 3.8) is 0 Å². The summed E-state index contributed by atoms with van der Waals surface area (Å²) in [5.74, 6) is 1.20. The van der Waals surface area contributed by atoms with Crippen molar-refractivity contribution < 1.29 is 24.8 Å². The number of hydrogen-bond acceptors (Lipinski definition) is 5. The van der Waals surface area contributed by atoms with Crippen LogP contribution < -0.4 is 9.47 Å². The fourth-order valence-corrected chi connectivity index (χ4v) is 2.70. The van der Waals surface area contributed by atoms with E-state index in [9.17, 15) is 15.3 Å². The van der Waals surface area contributed by atoms with Gasteiger partial charge in [-0.1, -0.05) is 12.1 Å². The van der Waals surface area contributed by atoms with E-state index in [1.807, 2.05) is 25.1 Å². The van der Waals surface area contributed by atoms with Gasteiger partial charge in [0.25, 0.3) is 0 Å². The molecule has 0 unspecified atom stereocenters. The smallest absolute Gasteiger partial charge is 0.160 e.